The average molecular weight is 360 g/mol. The number of thioether (sulfide) groups is 1. The molecule has 0 radical (unpaired) electrons. The van der Waals surface area contributed by atoms with E-state index >= 15 is 0 Å². The van der Waals surface area contributed by atoms with Crippen LogP contribution in [0.25, 0.3) is 0 Å². The molecule has 1 saturated heterocycles. The summed E-state index contributed by atoms with van der Waals surface area (Å²) in [5.74, 6) is 1.83. The van der Waals surface area contributed by atoms with Gasteiger partial charge in [0.2, 0.25) is 0 Å². The Hall–Kier alpha value is -1.72. The molecule has 2 aromatic rings. The summed E-state index contributed by atoms with van der Waals surface area (Å²) in [6, 6.07) is 15.0. The summed E-state index contributed by atoms with van der Waals surface area (Å²) >= 11 is 1.79. The lowest BCUT2D eigenvalue weighted by Gasteiger charge is -2.36. The van der Waals surface area contributed by atoms with E-state index in [2.05, 4.69) is 21.9 Å². The summed E-state index contributed by atoms with van der Waals surface area (Å²) in [7, 11) is 0. The minimum absolute atomic E-state index is 0.173. The molecule has 1 aliphatic rings. The van der Waals surface area contributed by atoms with E-state index in [-0.39, 0.29) is 5.82 Å². The number of ether oxygens (including phenoxy) is 1. The molecule has 0 aromatic heterocycles. The van der Waals surface area contributed by atoms with Gasteiger partial charge in [0.05, 0.1) is 12.3 Å². The Morgan fingerprint density at radius 3 is 2.44 bits per heavy atom. The van der Waals surface area contributed by atoms with Gasteiger partial charge in [-0.15, -0.1) is 11.8 Å². The monoisotopic (exact) mass is 360 g/mol. The van der Waals surface area contributed by atoms with Gasteiger partial charge in [0, 0.05) is 43.4 Å². The molecule has 1 heterocycles. The fourth-order valence-corrected chi connectivity index (χ4v) is 3.95. The van der Waals surface area contributed by atoms with Crippen molar-refractivity contribution in [1.29, 1.82) is 0 Å². The Morgan fingerprint density at radius 2 is 1.72 bits per heavy atom. The average Bonchev–Trinajstić information content (AvgIpc) is 2.65. The zero-order chi connectivity index (χ0) is 17.5. The first-order valence-electron chi connectivity index (χ1n) is 8.84. The predicted molar refractivity (Wildman–Crippen MR) is 103 cm³/mol. The zero-order valence-electron chi connectivity index (χ0n) is 14.7. The first-order chi connectivity index (χ1) is 12.3. The van der Waals surface area contributed by atoms with Gasteiger partial charge in [-0.05, 0) is 43.3 Å². The van der Waals surface area contributed by atoms with Crippen LogP contribution in [-0.2, 0) is 0 Å². The lowest BCUT2D eigenvalue weighted by Crippen LogP contribution is -2.47. The summed E-state index contributed by atoms with van der Waals surface area (Å²) in [6.07, 6.45) is 0. The smallest absolute Gasteiger partial charge is 0.142 e. The maximum absolute atomic E-state index is 12.9. The highest BCUT2D eigenvalue weighted by Crippen LogP contribution is 2.29. The normalized spacial score (nSPS) is 15.4. The number of rotatable bonds is 7. The number of anilines is 1. The molecule has 3 nitrogen and oxygen atoms in total. The van der Waals surface area contributed by atoms with E-state index in [0.29, 0.717) is 6.61 Å². The second-order valence-electron chi connectivity index (χ2n) is 6.03. The second kappa shape index (κ2) is 9.11. The van der Waals surface area contributed by atoms with Gasteiger partial charge in [-0.25, -0.2) is 4.39 Å². The van der Waals surface area contributed by atoms with Crippen molar-refractivity contribution in [2.24, 2.45) is 0 Å². The maximum Gasteiger partial charge on any atom is 0.142 e. The van der Waals surface area contributed by atoms with Crippen LogP contribution in [0.4, 0.5) is 10.1 Å². The van der Waals surface area contributed by atoms with Crippen LogP contribution in [0.15, 0.2) is 53.4 Å². The number of benzene rings is 2. The number of hydrogen-bond acceptors (Lipinski definition) is 4. The van der Waals surface area contributed by atoms with Gasteiger partial charge in [-0.2, -0.15) is 0 Å². The molecule has 0 aliphatic carbocycles. The van der Waals surface area contributed by atoms with Crippen LogP contribution >= 0.6 is 11.8 Å². The minimum Gasteiger partial charge on any atom is -0.492 e. The van der Waals surface area contributed by atoms with E-state index in [1.807, 2.05) is 31.2 Å². The SMILES string of the molecule is CCOc1ccccc1N1CCN(CCSc2ccc(F)cc2)CC1. The van der Waals surface area contributed by atoms with Gasteiger partial charge in [0.15, 0.2) is 0 Å². The molecular formula is C20H25FN2OS. The third-order valence-corrected chi connectivity index (χ3v) is 5.36. The zero-order valence-corrected chi connectivity index (χ0v) is 15.5. The summed E-state index contributed by atoms with van der Waals surface area (Å²) in [5.41, 5.74) is 1.20. The largest absolute Gasteiger partial charge is 0.492 e. The quantitative estimate of drug-likeness (QED) is 0.689. The predicted octanol–water partition coefficient (Wildman–Crippen LogP) is 4.14. The maximum atomic E-state index is 12.9. The summed E-state index contributed by atoms with van der Waals surface area (Å²) in [4.78, 5) is 6.04. The van der Waals surface area contributed by atoms with Crippen LogP contribution in [0.1, 0.15) is 6.92 Å². The lowest BCUT2D eigenvalue weighted by molar-refractivity contribution is 0.271. The van der Waals surface area contributed by atoms with Crippen LogP contribution in [0.3, 0.4) is 0 Å². The van der Waals surface area contributed by atoms with Crippen molar-refractivity contribution in [1.82, 2.24) is 4.90 Å². The molecule has 1 fully saturated rings. The standard InChI is InChI=1S/C20H25FN2OS/c1-2-24-20-6-4-3-5-19(20)23-13-11-22(12-14-23)15-16-25-18-9-7-17(21)8-10-18/h3-10H,2,11-16H2,1H3. The van der Waals surface area contributed by atoms with Crippen LogP contribution in [0.2, 0.25) is 0 Å². The summed E-state index contributed by atoms with van der Waals surface area (Å²) < 4.78 is 18.7. The van der Waals surface area contributed by atoms with Crippen LogP contribution in [0.5, 0.6) is 5.75 Å². The van der Waals surface area contributed by atoms with Gasteiger partial charge < -0.3 is 9.64 Å². The topological polar surface area (TPSA) is 15.7 Å². The second-order valence-corrected chi connectivity index (χ2v) is 7.20. The van der Waals surface area contributed by atoms with Crippen LogP contribution < -0.4 is 9.64 Å². The van der Waals surface area contributed by atoms with E-state index in [1.165, 1.54) is 17.8 Å². The van der Waals surface area contributed by atoms with Crippen molar-refractivity contribution in [2.45, 2.75) is 11.8 Å². The van der Waals surface area contributed by atoms with Gasteiger partial charge in [-0.3, -0.25) is 4.90 Å². The molecule has 0 N–H and O–H groups in total. The third-order valence-electron chi connectivity index (χ3n) is 4.37. The van der Waals surface area contributed by atoms with E-state index < -0.39 is 0 Å². The Bertz CT molecular complexity index is 657. The fourth-order valence-electron chi connectivity index (χ4n) is 3.03. The molecule has 1 aliphatic heterocycles. The van der Waals surface area contributed by atoms with Crippen molar-refractivity contribution in [2.75, 3.05) is 50.0 Å². The molecular weight excluding hydrogens is 335 g/mol. The highest BCUT2D eigenvalue weighted by Gasteiger charge is 2.19. The molecule has 0 atom stereocenters. The van der Waals surface area contributed by atoms with Crippen molar-refractivity contribution in [3.05, 3.63) is 54.3 Å². The Labute approximate surface area is 153 Å². The Balaban J connectivity index is 1.45. The third kappa shape index (κ3) is 5.13. The van der Waals surface area contributed by atoms with Gasteiger partial charge in [0.25, 0.3) is 0 Å². The highest BCUT2D eigenvalue weighted by molar-refractivity contribution is 7.99. The number of hydrogen-bond donors (Lipinski definition) is 0. The summed E-state index contributed by atoms with van der Waals surface area (Å²) in [6.45, 7) is 7.93. The molecule has 5 heteroatoms. The first-order valence-corrected chi connectivity index (χ1v) is 9.82. The van der Waals surface area contributed by atoms with Crippen LogP contribution in [-0.4, -0.2) is 50.0 Å². The minimum atomic E-state index is -0.173. The summed E-state index contributed by atoms with van der Waals surface area (Å²) in [5, 5.41) is 0. The molecule has 25 heavy (non-hydrogen) atoms. The van der Waals surface area contributed by atoms with Crippen molar-refractivity contribution in [3.63, 3.8) is 0 Å². The number of piperazine rings is 1. The van der Waals surface area contributed by atoms with Gasteiger partial charge in [0.1, 0.15) is 11.6 Å². The Morgan fingerprint density at radius 1 is 1.00 bits per heavy atom. The fraction of sp³-hybridized carbons (Fsp3) is 0.400. The molecule has 0 amide bonds. The number of para-hydroxylation sites is 2. The molecule has 0 bridgehead atoms. The molecule has 134 valence electrons. The highest BCUT2D eigenvalue weighted by atomic mass is 32.2. The van der Waals surface area contributed by atoms with E-state index in [1.54, 1.807) is 11.8 Å². The Kier molecular flexibility index (Phi) is 6.59. The van der Waals surface area contributed by atoms with Crippen molar-refractivity contribution in [3.8, 4) is 5.75 Å². The lowest BCUT2D eigenvalue weighted by atomic mass is 10.2. The first kappa shape index (κ1) is 18.1. The molecule has 0 saturated carbocycles. The van der Waals surface area contributed by atoms with Crippen molar-refractivity contribution >= 4 is 17.4 Å². The van der Waals surface area contributed by atoms with E-state index in [4.69, 9.17) is 4.74 Å². The number of halogens is 1. The van der Waals surface area contributed by atoms with Crippen LogP contribution in [0, 0.1) is 5.82 Å². The molecule has 0 spiro atoms. The van der Waals surface area contributed by atoms with Gasteiger partial charge in [-0.1, -0.05) is 12.1 Å². The van der Waals surface area contributed by atoms with E-state index in [9.17, 15) is 4.39 Å². The molecule has 2 aromatic carbocycles. The number of nitrogens with zero attached hydrogens (tertiary/aromatic N) is 2. The van der Waals surface area contributed by atoms with Crippen molar-refractivity contribution < 1.29 is 9.13 Å². The van der Waals surface area contributed by atoms with Gasteiger partial charge >= 0.3 is 0 Å². The molecule has 3 rings (SSSR count). The van der Waals surface area contributed by atoms with E-state index in [0.717, 1.165) is 49.1 Å². The molecule has 0 unspecified atom stereocenters.